The Morgan fingerprint density at radius 2 is 1.96 bits per heavy atom. The molecule has 26 heavy (non-hydrogen) atoms. The lowest BCUT2D eigenvalue weighted by atomic mass is 10.2. The van der Waals surface area contributed by atoms with Gasteiger partial charge in [-0.05, 0) is 57.9 Å². The van der Waals surface area contributed by atoms with Crippen LogP contribution in [0.5, 0.6) is 11.5 Å². The number of carbonyl (C=O) groups excluding carboxylic acids is 2. The summed E-state index contributed by atoms with van der Waals surface area (Å²) in [7, 11) is 1.42. The van der Waals surface area contributed by atoms with E-state index in [2.05, 4.69) is 31.8 Å². The molecule has 7 nitrogen and oxygen atoms in total. The predicted molar refractivity (Wildman–Crippen MR) is 103 cm³/mol. The number of hydrogen-bond acceptors (Lipinski definition) is 5. The number of benzene rings is 2. The van der Waals surface area contributed by atoms with E-state index in [1.165, 1.54) is 13.3 Å². The van der Waals surface area contributed by atoms with Crippen LogP contribution in [0.3, 0.4) is 0 Å². The number of aromatic hydroxyl groups is 1. The molecule has 0 saturated carbocycles. The van der Waals surface area contributed by atoms with Crippen molar-refractivity contribution >= 4 is 51.2 Å². The van der Waals surface area contributed by atoms with Crippen LogP contribution in [0.25, 0.3) is 0 Å². The van der Waals surface area contributed by atoms with Gasteiger partial charge in [-0.2, -0.15) is 5.10 Å². The van der Waals surface area contributed by atoms with Gasteiger partial charge in [0.1, 0.15) is 6.42 Å². The first-order valence-corrected chi connectivity index (χ1v) is 8.50. The van der Waals surface area contributed by atoms with Crippen LogP contribution in [0, 0.1) is 0 Å². The molecule has 0 fully saturated rings. The second-order valence-corrected chi connectivity index (χ2v) is 6.37. The van der Waals surface area contributed by atoms with E-state index in [1.807, 2.05) is 0 Å². The van der Waals surface area contributed by atoms with Crippen LogP contribution in [0.1, 0.15) is 12.0 Å². The Kier molecular flexibility index (Phi) is 6.99. The number of nitrogens with one attached hydrogen (secondary N) is 2. The van der Waals surface area contributed by atoms with Crippen molar-refractivity contribution in [2.45, 2.75) is 6.42 Å². The lowest BCUT2D eigenvalue weighted by Gasteiger charge is -2.06. The average Bonchev–Trinajstić information content (AvgIpc) is 2.59. The molecule has 0 bridgehead atoms. The van der Waals surface area contributed by atoms with Gasteiger partial charge < -0.3 is 15.2 Å². The maximum Gasteiger partial charge on any atom is 0.249 e. The fraction of sp³-hybridized carbons (Fsp3) is 0.118. The van der Waals surface area contributed by atoms with Crippen molar-refractivity contribution in [3.63, 3.8) is 0 Å². The number of hydrogen-bond donors (Lipinski definition) is 3. The summed E-state index contributed by atoms with van der Waals surface area (Å²) in [6, 6.07) is 9.67. The summed E-state index contributed by atoms with van der Waals surface area (Å²) in [6.45, 7) is 0. The highest BCUT2D eigenvalue weighted by Crippen LogP contribution is 2.34. The van der Waals surface area contributed by atoms with E-state index >= 15 is 0 Å². The maximum absolute atomic E-state index is 11.8. The van der Waals surface area contributed by atoms with Crippen LogP contribution in [0.4, 0.5) is 5.69 Å². The number of amides is 2. The minimum absolute atomic E-state index is 0.0347. The van der Waals surface area contributed by atoms with Gasteiger partial charge in [-0.15, -0.1) is 0 Å². The fourth-order valence-corrected chi connectivity index (χ4v) is 2.51. The van der Waals surface area contributed by atoms with Gasteiger partial charge in [0.15, 0.2) is 11.5 Å². The van der Waals surface area contributed by atoms with Gasteiger partial charge in [0.05, 0.1) is 17.8 Å². The van der Waals surface area contributed by atoms with E-state index in [4.69, 9.17) is 16.3 Å². The van der Waals surface area contributed by atoms with Crippen molar-refractivity contribution in [3.8, 4) is 11.5 Å². The summed E-state index contributed by atoms with van der Waals surface area (Å²) < 4.78 is 5.44. The molecule has 0 atom stereocenters. The first kappa shape index (κ1) is 19.7. The zero-order chi connectivity index (χ0) is 19.1. The van der Waals surface area contributed by atoms with Gasteiger partial charge in [0.25, 0.3) is 0 Å². The molecule has 0 spiro atoms. The smallest absolute Gasteiger partial charge is 0.249 e. The molecule has 2 rings (SSSR count). The quantitative estimate of drug-likeness (QED) is 0.364. The largest absolute Gasteiger partial charge is 0.503 e. The van der Waals surface area contributed by atoms with E-state index in [1.54, 1.807) is 36.4 Å². The summed E-state index contributed by atoms with van der Waals surface area (Å²) in [6.07, 6.45) is 0.976. The number of rotatable bonds is 6. The molecule has 3 N–H and O–H groups in total. The lowest BCUT2D eigenvalue weighted by molar-refractivity contribution is -0.126. The van der Waals surface area contributed by atoms with Gasteiger partial charge in [-0.3, -0.25) is 9.59 Å². The molecule has 0 saturated heterocycles. The van der Waals surface area contributed by atoms with Crippen LogP contribution in [0.15, 0.2) is 46.0 Å². The number of hydrazone groups is 1. The normalized spacial score (nSPS) is 10.6. The van der Waals surface area contributed by atoms with Crippen LogP contribution in [-0.2, 0) is 9.59 Å². The Labute approximate surface area is 163 Å². The Morgan fingerprint density at radius 1 is 1.27 bits per heavy atom. The number of methoxy groups -OCH3 is 1. The molecule has 2 aromatic rings. The second-order valence-electron chi connectivity index (χ2n) is 5.08. The molecule has 0 aliphatic rings. The number of phenolic OH excluding ortho intramolecular Hbond substituents is 1. The summed E-state index contributed by atoms with van der Waals surface area (Å²) in [5.74, 6) is -0.825. The molecule has 0 aliphatic heterocycles. The third-order valence-corrected chi connectivity index (χ3v) is 3.98. The average molecular weight is 441 g/mol. The van der Waals surface area contributed by atoms with Crippen molar-refractivity contribution < 1.29 is 19.4 Å². The Morgan fingerprint density at radius 3 is 2.62 bits per heavy atom. The molecule has 0 radical (unpaired) electrons. The highest BCUT2D eigenvalue weighted by molar-refractivity contribution is 9.10. The Bertz CT molecular complexity index is 841. The van der Waals surface area contributed by atoms with E-state index in [9.17, 15) is 14.7 Å². The molecule has 0 unspecified atom stereocenters. The maximum atomic E-state index is 11.8. The molecular formula is C17H15BrClN3O4. The van der Waals surface area contributed by atoms with Crippen molar-refractivity contribution in [1.82, 2.24) is 5.43 Å². The number of carbonyl (C=O) groups is 2. The Balaban J connectivity index is 1.88. The SMILES string of the molecule is COc1cc(/C=N/NC(=O)CC(=O)Nc2ccc(Cl)cc2)cc(Br)c1O. The number of nitrogens with zero attached hydrogens (tertiary/aromatic N) is 1. The molecule has 136 valence electrons. The van der Waals surface area contributed by atoms with Gasteiger partial charge in [-0.1, -0.05) is 11.6 Å². The van der Waals surface area contributed by atoms with Crippen LogP contribution in [-0.4, -0.2) is 30.2 Å². The van der Waals surface area contributed by atoms with Crippen molar-refractivity contribution in [2.75, 3.05) is 12.4 Å². The minimum atomic E-state index is -0.572. The first-order chi connectivity index (χ1) is 12.4. The number of halogens is 2. The van der Waals surface area contributed by atoms with Gasteiger partial charge in [0.2, 0.25) is 11.8 Å². The van der Waals surface area contributed by atoms with Crippen molar-refractivity contribution in [1.29, 1.82) is 0 Å². The number of phenols is 1. The highest BCUT2D eigenvalue weighted by Gasteiger charge is 2.10. The zero-order valence-corrected chi connectivity index (χ0v) is 16.0. The molecule has 0 aliphatic carbocycles. The van der Waals surface area contributed by atoms with Crippen LogP contribution < -0.4 is 15.5 Å². The fourth-order valence-electron chi connectivity index (χ4n) is 1.93. The summed E-state index contributed by atoms with van der Waals surface area (Å²) >= 11 is 8.95. The first-order valence-electron chi connectivity index (χ1n) is 7.33. The highest BCUT2D eigenvalue weighted by atomic mass is 79.9. The lowest BCUT2D eigenvalue weighted by Crippen LogP contribution is -2.24. The minimum Gasteiger partial charge on any atom is -0.503 e. The molecule has 2 aromatic carbocycles. The topological polar surface area (TPSA) is 100 Å². The standard InChI is InChI=1S/C17H15BrClN3O4/c1-26-14-7-10(6-13(18)17(14)25)9-20-22-16(24)8-15(23)21-12-4-2-11(19)3-5-12/h2-7,9,25H,8H2,1H3,(H,21,23)(H,22,24)/b20-9+. The van der Waals surface area contributed by atoms with Crippen LogP contribution in [0.2, 0.25) is 5.02 Å². The Hall–Kier alpha value is -2.58. The predicted octanol–water partition coefficient (Wildman–Crippen LogP) is 3.30. The number of ether oxygens (including phenoxy) is 1. The van der Waals surface area contributed by atoms with E-state index in [-0.39, 0.29) is 17.9 Å². The molecule has 2 amide bonds. The van der Waals surface area contributed by atoms with E-state index in [0.717, 1.165) is 0 Å². The van der Waals surface area contributed by atoms with Gasteiger partial charge >= 0.3 is 0 Å². The summed E-state index contributed by atoms with van der Waals surface area (Å²) in [5, 5.41) is 16.6. The molecule has 0 aromatic heterocycles. The monoisotopic (exact) mass is 439 g/mol. The number of anilines is 1. The molecular weight excluding hydrogens is 426 g/mol. The third-order valence-electron chi connectivity index (χ3n) is 3.12. The summed E-state index contributed by atoms with van der Waals surface area (Å²) in [5.41, 5.74) is 3.38. The van der Waals surface area contributed by atoms with Crippen molar-refractivity contribution in [2.24, 2.45) is 5.10 Å². The van der Waals surface area contributed by atoms with E-state index < -0.39 is 11.8 Å². The molecule has 0 heterocycles. The van der Waals surface area contributed by atoms with Crippen LogP contribution >= 0.6 is 27.5 Å². The zero-order valence-electron chi connectivity index (χ0n) is 13.6. The third kappa shape index (κ3) is 5.75. The molecule has 9 heteroatoms. The van der Waals surface area contributed by atoms with Gasteiger partial charge in [-0.25, -0.2) is 5.43 Å². The van der Waals surface area contributed by atoms with Gasteiger partial charge in [0, 0.05) is 10.7 Å². The van der Waals surface area contributed by atoms with Crippen molar-refractivity contribution in [3.05, 3.63) is 51.5 Å². The summed E-state index contributed by atoms with van der Waals surface area (Å²) in [4.78, 5) is 23.6. The second kappa shape index (κ2) is 9.21. The van der Waals surface area contributed by atoms with E-state index in [0.29, 0.717) is 20.7 Å².